The fourth-order valence-electron chi connectivity index (χ4n) is 2.12. The first-order chi connectivity index (χ1) is 9.71. The Morgan fingerprint density at radius 1 is 1.25 bits per heavy atom. The van der Waals surface area contributed by atoms with Crippen molar-refractivity contribution in [3.63, 3.8) is 0 Å². The third kappa shape index (κ3) is 5.93. The first kappa shape index (κ1) is 17.0. The molecule has 0 spiro atoms. The summed E-state index contributed by atoms with van der Waals surface area (Å²) in [5.41, 5.74) is 1.15. The van der Waals surface area contributed by atoms with Gasteiger partial charge in [0.2, 0.25) is 0 Å². The van der Waals surface area contributed by atoms with Crippen LogP contribution in [-0.4, -0.2) is 26.3 Å². The second-order valence-corrected chi connectivity index (χ2v) is 5.34. The van der Waals surface area contributed by atoms with Crippen LogP contribution in [0.5, 0.6) is 5.75 Å². The van der Waals surface area contributed by atoms with E-state index in [0.717, 1.165) is 30.7 Å². The van der Waals surface area contributed by atoms with Crippen molar-refractivity contribution in [1.82, 2.24) is 5.32 Å². The van der Waals surface area contributed by atoms with Crippen LogP contribution in [-0.2, 0) is 11.3 Å². The molecule has 0 heterocycles. The molecule has 2 atom stereocenters. The summed E-state index contributed by atoms with van der Waals surface area (Å²) in [6, 6.07) is 8.54. The van der Waals surface area contributed by atoms with Gasteiger partial charge >= 0.3 is 0 Å². The average molecular weight is 279 g/mol. The summed E-state index contributed by atoms with van der Waals surface area (Å²) in [7, 11) is 1.71. The lowest BCUT2D eigenvalue weighted by molar-refractivity contribution is 0.184. The molecule has 0 aromatic heterocycles. The number of rotatable bonds is 10. The van der Waals surface area contributed by atoms with Crippen LogP contribution in [0.3, 0.4) is 0 Å². The predicted octanol–water partition coefficient (Wildman–Crippen LogP) is 3.63. The van der Waals surface area contributed by atoms with E-state index in [4.69, 9.17) is 9.47 Å². The first-order valence-electron chi connectivity index (χ1n) is 7.65. The minimum atomic E-state index is 0.408. The van der Waals surface area contributed by atoms with Crippen LogP contribution in [0.4, 0.5) is 0 Å². The molecule has 2 unspecified atom stereocenters. The maximum Gasteiger partial charge on any atom is 0.119 e. The van der Waals surface area contributed by atoms with Crippen LogP contribution in [0.25, 0.3) is 0 Å². The van der Waals surface area contributed by atoms with Crippen LogP contribution in [0.1, 0.15) is 39.2 Å². The molecule has 0 fully saturated rings. The van der Waals surface area contributed by atoms with Gasteiger partial charge in [0, 0.05) is 13.2 Å². The quantitative estimate of drug-likeness (QED) is 0.709. The molecule has 114 valence electrons. The minimum Gasteiger partial charge on any atom is -0.492 e. The van der Waals surface area contributed by atoms with E-state index in [1.54, 1.807) is 7.11 Å². The van der Waals surface area contributed by atoms with Gasteiger partial charge in [-0.15, -0.1) is 0 Å². The van der Waals surface area contributed by atoms with Gasteiger partial charge in [-0.1, -0.05) is 39.3 Å². The molecule has 0 aliphatic carbocycles. The van der Waals surface area contributed by atoms with Crippen molar-refractivity contribution in [3.05, 3.63) is 29.8 Å². The van der Waals surface area contributed by atoms with Gasteiger partial charge in [-0.05, 0) is 36.6 Å². The number of nitrogens with one attached hydrogen (secondary N) is 1. The molecule has 1 rings (SSSR count). The molecule has 0 radical (unpaired) electrons. The molecule has 1 aromatic rings. The highest BCUT2D eigenvalue weighted by Gasteiger charge is 2.15. The van der Waals surface area contributed by atoms with Gasteiger partial charge in [0.25, 0.3) is 0 Å². The predicted molar refractivity (Wildman–Crippen MR) is 84.2 cm³/mol. The smallest absolute Gasteiger partial charge is 0.119 e. The van der Waals surface area contributed by atoms with E-state index in [1.807, 2.05) is 12.1 Å². The summed E-state index contributed by atoms with van der Waals surface area (Å²) in [4.78, 5) is 0. The first-order valence-corrected chi connectivity index (χ1v) is 7.65. The maximum absolute atomic E-state index is 5.96. The van der Waals surface area contributed by atoms with E-state index in [2.05, 4.69) is 38.2 Å². The average Bonchev–Trinajstić information content (AvgIpc) is 2.47. The number of ether oxygens (including phenoxy) is 2. The van der Waals surface area contributed by atoms with E-state index >= 15 is 0 Å². The highest BCUT2D eigenvalue weighted by Crippen LogP contribution is 2.16. The van der Waals surface area contributed by atoms with Crippen molar-refractivity contribution in [2.24, 2.45) is 5.92 Å². The molecule has 1 aromatic carbocycles. The van der Waals surface area contributed by atoms with Crippen LogP contribution in [0, 0.1) is 5.92 Å². The Hall–Kier alpha value is -1.06. The lowest BCUT2D eigenvalue weighted by Gasteiger charge is -2.24. The highest BCUT2D eigenvalue weighted by atomic mass is 16.5. The molecule has 20 heavy (non-hydrogen) atoms. The summed E-state index contributed by atoms with van der Waals surface area (Å²) in [6.07, 6.45) is 2.31. The van der Waals surface area contributed by atoms with Crippen molar-refractivity contribution < 1.29 is 9.47 Å². The zero-order valence-electron chi connectivity index (χ0n) is 13.3. The van der Waals surface area contributed by atoms with Crippen molar-refractivity contribution in [2.45, 2.75) is 46.3 Å². The standard InChI is InChI=1S/C17H29NO2/c1-5-10-18-17(14(3)6-2)13-20-16-9-7-8-15(11-16)12-19-4/h7-9,11,14,17-18H,5-6,10,12-13H2,1-4H3. The van der Waals surface area contributed by atoms with Gasteiger partial charge in [-0.3, -0.25) is 0 Å². The normalized spacial score (nSPS) is 14.0. The Morgan fingerprint density at radius 2 is 2.05 bits per heavy atom. The Bertz CT molecular complexity index is 368. The Kier molecular flexibility index (Phi) is 8.31. The summed E-state index contributed by atoms with van der Waals surface area (Å²) < 4.78 is 11.1. The Labute approximate surface area is 123 Å². The maximum atomic E-state index is 5.96. The third-order valence-corrected chi connectivity index (χ3v) is 3.63. The van der Waals surface area contributed by atoms with E-state index in [-0.39, 0.29) is 0 Å². The molecular formula is C17H29NO2. The molecule has 3 nitrogen and oxygen atoms in total. The fraction of sp³-hybridized carbons (Fsp3) is 0.647. The lowest BCUT2D eigenvalue weighted by atomic mass is 10.00. The van der Waals surface area contributed by atoms with Crippen LogP contribution in [0.15, 0.2) is 24.3 Å². The summed E-state index contributed by atoms with van der Waals surface area (Å²) in [6.45, 7) is 9.08. The van der Waals surface area contributed by atoms with Crippen LogP contribution < -0.4 is 10.1 Å². The molecule has 0 saturated heterocycles. The second-order valence-electron chi connectivity index (χ2n) is 5.34. The number of methoxy groups -OCH3 is 1. The molecule has 0 bridgehead atoms. The second kappa shape index (κ2) is 9.78. The number of hydrogen-bond acceptors (Lipinski definition) is 3. The van der Waals surface area contributed by atoms with Gasteiger partial charge in [-0.2, -0.15) is 0 Å². The van der Waals surface area contributed by atoms with Crippen molar-refractivity contribution in [2.75, 3.05) is 20.3 Å². The molecule has 0 aliphatic heterocycles. The molecule has 0 aliphatic rings. The van der Waals surface area contributed by atoms with Gasteiger partial charge in [0.1, 0.15) is 12.4 Å². The van der Waals surface area contributed by atoms with Crippen LogP contribution >= 0.6 is 0 Å². The van der Waals surface area contributed by atoms with Crippen molar-refractivity contribution in [1.29, 1.82) is 0 Å². The molecule has 3 heteroatoms. The van der Waals surface area contributed by atoms with Crippen LogP contribution in [0.2, 0.25) is 0 Å². The topological polar surface area (TPSA) is 30.5 Å². The SMILES string of the molecule is CCCNC(COc1cccc(COC)c1)C(C)CC. The van der Waals surface area contributed by atoms with Crippen molar-refractivity contribution >= 4 is 0 Å². The summed E-state index contributed by atoms with van der Waals surface area (Å²) in [5.74, 6) is 1.54. The molecule has 0 saturated carbocycles. The third-order valence-electron chi connectivity index (χ3n) is 3.63. The van der Waals surface area contributed by atoms with Crippen molar-refractivity contribution in [3.8, 4) is 5.75 Å². The van der Waals surface area contributed by atoms with E-state index in [1.165, 1.54) is 0 Å². The summed E-state index contributed by atoms with van der Waals surface area (Å²) >= 11 is 0. The van der Waals surface area contributed by atoms with E-state index in [0.29, 0.717) is 25.2 Å². The Balaban J connectivity index is 2.54. The summed E-state index contributed by atoms with van der Waals surface area (Å²) in [5, 5.41) is 3.58. The largest absolute Gasteiger partial charge is 0.492 e. The zero-order chi connectivity index (χ0) is 14.8. The van der Waals surface area contributed by atoms with Gasteiger partial charge in [-0.25, -0.2) is 0 Å². The van der Waals surface area contributed by atoms with E-state index < -0.39 is 0 Å². The van der Waals surface area contributed by atoms with E-state index in [9.17, 15) is 0 Å². The highest BCUT2D eigenvalue weighted by molar-refractivity contribution is 5.28. The number of benzene rings is 1. The molecular weight excluding hydrogens is 250 g/mol. The minimum absolute atomic E-state index is 0.408. The number of hydrogen-bond donors (Lipinski definition) is 1. The van der Waals surface area contributed by atoms with Gasteiger partial charge in [0.15, 0.2) is 0 Å². The lowest BCUT2D eigenvalue weighted by Crippen LogP contribution is -2.40. The van der Waals surface area contributed by atoms with Gasteiger partial charge < -0.3 is 14.8 Å². The monoisotopic (exact) mass is 279 g/mol. The molecule has 0 amide bonds. The fourth-order valence-corrected chi connectivity index (χ4v) is 2.12. The zero-order valence-corrected chi connectivity index (χ0v) is 13.3. The Morgan fingerprint density at radius 3 is 2.70 bits per heavy atom. The molecule has 1 N–H and O–H groups in total. The van der Waals surface area contributed by atoms with Gasteiger partial charge in [0.05, 0.1) is 6.61 Å².